The molecule has 6 atom stereocenters. The highest BCUT2D eigenvalue weighted by Gasteiger charge is 2.36. The molecule has 23 heteroatoms. The topological polar surface area (TPSA) is 378 Å². The summed E-state index contributed by atoms with van der Waals surface area (Å²) in [7, 11) is 0. The van der Waals surface area contributed by atoms with E-state index in [9.17, 15) is 43.5 Å². The average molecular weight is 1050 g/mol. The van der Waals surface area contributed by atoms with Crippen LogP contribution in [0.4, 0.5) is 4.79 Å². The van der Waals surface area contributed by atoms with Gasteiger partial charge in [0, 0.05) is 38.8 Å². The number of nitrogens with two attached hydrogens (primary N) is 5. The van der Waals surface area contributed by atoms with Crippen LogP contribution in [-0.4, -0.2) is 124 Å². The zero-order valence-corrected chi connectivity index (χ0v) is 42.7. The number of phenolic OH excluding ortho intramolecular Hbond substituents is 1. The lowest BCUT2D eigenvalue weighted by Gasteiger charge is -2.34. The van der Waals surface area contributed by atoms with Crippen LogP contribution in [0.1, 0.15) is 81.4 Å². The summed E-state index contributed by atoms with van der Waals surface area (Å²) in [5.41, 5.74) is 24.5. The average Bonchev–Trinajstić information content (AvgIpc) is 3.40. The second-order valence-corrected chi connectivity index (χ2v) is 18.6. The molecule has 0 radical (unpaired) electrons. The summed E-state index contributed by atoms with van der Waals surface area (Å²) in [5.74, 6) is 0.422. The molecule has 0 bridgehead atoms. The number of carbonyl (C=O) groups is 8. The SMILES string of the molecule is CCCCC1NC(=O)C(Cc2ccc(O)cc2)NC(=O)C(Cc2ccccc2)NC(=O)CC[C@@H](C(N)=O)NC(=O)N(CCCCN)N(N)C(=O)C(Cc2ccc3ccccc3c2)NC(=O)C(CCCN=C(N)N)NC1=O. The van der Waals surface area contributed by atoms with Crippen LogP contribution in [0.3, 0.4) is 0 Å². The Morgan fingerprint density at radius 3 is 1.78 bits per heavy atom. The number of benzene rings is 4. The Hall–Kier alpha value is -8.31. The minimum absolute atomic E-state index is 0.0445. The van der Waals surface area contributed by atoms with Gasteiger partial charge >= 0.3 is 6.03 Å². The van der Waals surface area contributed by atoms with E-state index < -0.39 is 90.1 Å². The van der Waals surface area contributed by atoms with Gasteiger partial charge in [0.2, 0.25) is 35.4 Å². The van der Waals surface area contributed by atoms with Crippen LogP contribution in [0.5, 0.6) is 5.75 Å². The van der Waals surface area contributed by atoms with E-state index in [0.717, 1.165) is 15.8 Å². The number of rotatable bonds is 18. The van der Waals surface area contributed by atoms with Crippen molar-refractivity contribution in [2.45, 2.75) is 120 Å². The van der Waals surface area contributed by atoms with Crippen LogP contribution in [-0.2, 0) is 52.8 Å². The maximum Gasteiger partial charge on any atom is 0.338 e. The van der Waals surface area contributed by atoms with Gasteiger partial charge in [0.05, 0.1) is 0 Å². The number of guanidine groups is 1. The number of amides is 9. The first-order valence-electron chi connectivity index (χ1n) is 25.5. The van der Waals surface area contributed by atoms with Crippen molar-refractivity contribution in [1.82, 2.24) is 42.0 Å². The number of hydrogen-bond donors (Lipinski definition) is 12. The quantitative estimate of drug-likeness (QED) is 0.0209. The van der Waals surface area contributed by atoms with Gasteiger partial charge in [-0.2, -0.15) is 5.12 Å². The van der Waals surface area contributed by atoms with Crippen molar-refractivity contribution >= 4 is 64.1 Å². The van der Waals surface area contributed by atoms with E-state index in [1.165, 1.54) is 12.1 Å². The number of phenols is 1. The third-order valence-corrected chi connectivity index (χ3v) is 12.7. The highest BCUT2D eigenvalue weighted by atomic mass is 16.3. The molecule has 4 aromatic rings. The van der Waals surface area contributed by atoms with Crippen LogP contribution in [0.2, 0.25) is 0 Å². The Balaban J connectivity index is 1.61. The number of fused-ring (bicyclic) bond motifs is 1. The summed E-state index contributed by atoms with van der Waals surface area (Å²) in [6, 6.07) is 18.2. The molecular weight excluding hydrogens is 977 g/mol. The maximum absolute atomic E-state index is 14.8. The number of aromatic hydroxyl groups is 1. The molecule has 23 nitrogen and oxygen atoms in total. The highest BCUT2D eigenvalue weighted by Crippen LogP contribution is 2.19. The smallest absolute Gasteiger partial charge is 0.338 e. The molecule has 9 amide bonds. The molecular formula is C53H72N14O9. The maximum atomic E-state index is 14.8. The van der Waals surface area contributed by atoms with Crippen LogP contribution < -0.4 is 60.7 Å². The largest absolute Gasteiger partial charge is 0.508 e. The lowest BCUT2D eigenvalue weighted by Crippen LogP contribution is -2.64. The Kier molecular flexibility index (Phi) is 22.8. The van der Waals surface area contributed by atoms with Crippen molar-refractivity contribution in [3.63, 3.8) is 0 Å². The van der Waals surface area contributed by atoms with E-state index in [2.05, 4.69) is 36.9 Å². The van der Waals surface area contributed by atoms with Crippen molar-refractivity contribution in [2.24, 2.45) is 33.8 Å². The molecule has 408 valence electrons. The number of hydrazine groups is 2. The first-order valence-corrected chi connectivity index (χ1v) is 25.5. The van der Waals surface area contributed by atoms with E-state index in [1.54, 1.807) is 48.5 Å². The third kappa shape index (κ3) is 18.3. The van der Waals surface area contributed by atoms with E-state index >= 15 is 0 Å². The first-order chi connectivity index (χ1) is 36.5. The van der Waals surface area contributed by atoms with Gasteiger partial charge in [0.1, 0.15) is 42.0 Å². The van der Waals surface area contributed by atoms with Gasteiger partial charge in [-0.15, -0.1) is 0 Å². The zero-order chi connectivity index (χ0) is 55.1. The van der Waals surface area contributed by atoms with Gasteiger partial charge in [0.25, 0.3) is 5.91 Å². The Morgan fingerprint density at radius 2 is 1.16 bits per heavy atom. The molecule has 4 aromatic carbocycles. The Morgan fingerprint density at radius 1 is 0.618 bits per heavy atom. The van der Waals surface area contributed by atoms with E-state index in [1.807, 2.05) is 43.3 Å². The van der Waals surface area contributed by atoms with Gasteiger partial charge in [-0.1, -0.05) is 105 Å². The van der Waals surface area contributed by atoms with Crippen molar-refractivity contribution in [3.05, 3.63) is 114 Å². The zero-order valence-electron chi connectivity index (χ0n) is 42.7. The van der Waals surface area contributed by atoms with E-state index in [4.69, 9.17) is 28.8 Å². The van der Waals surface area contributed by atoms with E-state index in [-0.39, 0.29) is 82.7 Å². The lowest BCUT2D eigenvalue weighted by molar-refractivity contribution is -0.149. The molecule has 17 N–H and O–H groups in total. The molecule has 1 aliphatic heterocycles. The molecule has 0 saturated carbocycles. The predicted octanol–water partition coefficient (Wildman–Crippen LogP) is 0.257. The summed E-state index contributed by atoms with van der Waals surface area (Å²) >= 11 is 0. The second-order valence-electron chi connectivity index (χ2n) is 18.6. The molecule has 1 heterocycles. The van der Waals surface area contributed by atoms with Crippen molar-refractivity contribution in [2.75, 3.05) is 19.6 Å². The minimum Gasteiger partial charge on any atom is -0.508 e. The van der Waals surface area contributed by atoms with Crippen molar-refractivity contribution in [3.8, 4) is 5.75 Å². The molecule has 5 rings (SSSR count). The number of aliphatic imine (C=N–C) groups is 1. The third-order valence-electron chi connectivity index (χ3n) is 12.7. The number of hydrogen-bond acceptors (Lipinski definition) is 12. The minimum atomic E-state index is -1.50. The predicted molar refractivity (Wildman–Crippen MR) is 285 cm³/mol. The number of urea groups is 1. The lowest BCUT2D eigenvalue weighted by atomic mass is 10.00. The number of nitrogens with zero attached hydrogens (tertiary/aromatic N) is 3. The van der Waals surface area contributed by atoms with Crippen molar-refractivity contribution < 1.29 is 43.5 Å². The van der Waals surface area contributed by atoms with Gasteiger partial charge in [-0.3, -0.25) is 38.6 Å². The van der Waals surface area contributed by atoms with Gasteiger partial charge in [0.15, 0.2) is 5.96 Å². The fourth-order valence-electron chi connectivity index (χ4n) is 8.52. The molecule has 76 heavy (non-hydrogen) atoms. The summed E-state index contributed by atoms with van der Waals surface area (Å²) in [6.07, 6.45) is 0.719. The van der Waals surface area contributed by atoms with Crippen LogP contribution in [0.25, 0.3) is 10.8 Å². The highest BCUT2D eigenvalue weighted by molar-refractivity contribution is 5.97. The first kappa shape index (κ1) is 58.6. The summed E-state index contributed by atoms with van der Waals surface area (Å²) in [6.45, 7) is 1.95. The van der Waals surface area contributed by atoms with Gasteiger partial charge in [-0.05, 0) is 84.7 Å². The molecule has 0 aromatic heterocycles. The molecule has 1 fully saturated rings. The van der Waals surface area contributed by atoms with E-state index in [0.29, 0.717) is 41.1 Å². The standard InChI is InChI=1S/C53H72N14O9/c1-2-3-16-40-47(71)61-41(17-11-27-59-52(56)57)48(72)64-44(32-35-18-21-36-14-7-8-15-37(36)29-35)51(75)67(58)66(28-10-9-26-54)53(76)65-39(46(55)70)24-25-45(69)60-42(30-33-12-5-4-6-13-33)49(73)63-43(50(74)62-40)31-34-19-22-38(68)23-20-34/h4-8,12-15,18-23,29,39-44,68H,2-3,9-11,16-17,24-28,30-32,54,58H2,1H3,(H2,55,70)(H,60,69)(H,61,71)(H,62,74)(H,63,73)(H,64,72)(H,65,76)(H4,56,57,59)/t39-,40?,41?,42?,43?,44?/m0/s1. The summed E-state index contributed by atoms with van der Waals surface area (Å²) in [5, 5.41) is 29.4. The van der Waals surface area contributed by atoms with Gasteiger partial charge < -0.3 is 59.9 Å². The summed E-state index contributed by atoms with van der Waals surface area (Å²) in [4.78, 5) is 118. The van der Waals surface area contributed by atoms with Crippen LogP contribution >= 0.6 is 0 Å². The Labute approximate surface area is 441 Å². The fourth-order valence-corrected chi connectivity index (χ4v) is 8.52. The summed E-state index contributed by atoms with van der Waals surface area (Å²) < 4.78 is 0. The fraction of sp³-hybridized carbons (Fsp3) is 0.415. The Bertz CT molecular complexity index is 2650. The number of primary amides is 1. The number of carbonyl (C=O) groups excluding carboxylic acids is 8. The monoisotopic (exact) mass is 1050 g/mol. The molecule has 1 saturated heterocycles. The van der Waals surface area contributed by atoms with Crippen LogP contribution in [0, 0.1) is 0 Å². The molecule has 0 aliphatic carbocycles. The number of unbranched alkanes of at least 4 members (excludes halogenated alkanes) is 2. The molecule has 5 unspecified atom stereocenters. The van der Waals surface area contributed by atoms with Crippen molar-refractivity contribution in [1.29, 1.82) is 0 Å². The van der Waals surface area contributed by atoms with Gasteiger partial charge in [-0.25, -0.2) is 15.6 Å². The molecule has 0 spiro atoms. The normalized spacial score (nSPS) is 20.9. The van der Waals surface area contributed by atoms with Crippen LogP contribution in [0.15, 0.2) is 102 Å². The second kappa shape index (κ2) is 29.5. The molecule has 1 aliphatic rings. The number of nitrogens with one attached hydrogen (secondary N) is 6.